The smallest absolute Gasteiger partial charge is 0.289 e. The molecule has 2 aromatic heterocycles. The topological polar surface area (TPSA) is 79.5 Å². The lowest BCUT2D eigenvalue weighted by molar-refractivity contribution is 0.0515. The van der Waals surface area contributed by atoms with E-state index in [1.54, 1.807) is 41.1 Å². The SMILES string of the molecule is Cc1nccc(C(=O)N2CCN(C(=O)c3ccco3)CC2)n1. The molecule has 3 rings (SSSR count). The zero-order chi connectivity index (χ0) is 15.5. The van der Waals surface area contributed by atoms with Gasteiger partial charge in [-0.05, 0) is 25.1 Å². The number of hydrogen-bond acceptors (Lipinski definition) is 5. The van der Waals surface area contributed by atoms with Crippen LogP contribution in [0, 0.1) is 6.92 Å². The van der Waals surface area contributed by atoms with E-state index in [9.17, 15) is 9.59 Å². The van der Waals surface area contributed by atoms with Gasteiger partial charge in [0.15, 0.2) is 5.76 Å². The van der Waals surface area contributed by atoms with Gasteiger partial charge in [0.05, 0.1) is 6.26 Å². The molecule has 0 radical (unpaired) electrons. The van der Waals surface area contributed by atoms with Crippen molar-refractivity contribution >= 4 is 11.8 Å². The maximum absolute atomic E-state index is 12.4. The number of aromatic nitrogens is 2. The van der Waals surface area contributed by atoms with E-state index >= 15 is 0 Å². The number of carbonyl (C=O) groups is 2. The van der Waals surface area contributed by atoms with Crippen molar-refractivity contribution in [2.24, 2.45) is 0 Å². The lowest BCUT2D eigenvalue weighted by atomic mass is 10.2. The number of nitrogens with zero attached hydrogens (tertiary/aromatic N) is 4. The van der Waals surface area contributed by atoms with E-state index in [1.165, 1.54) is 6.26 Å². The van der Waals surface area contributed by atoms with Crippen LogP contribution in [-0.2, 0) is 0 Å². The first-order chi connectivity index (χ1) is 10.6. The van der Waals surface area contributed by atoms with E-state index in [-0.39, 0.29) is 11.8 Å². The van der Waals surface area contributed by atoms with Crippen molar-refractivity contribution in [2.75, 3.05) is 26.2 Å². The summed E-state index contributed by atoms with van der Waals surface area (Å²) >= 11 is 0. The fourth-order valence-corrected chi connectivity index (χ4v) is 2.41. The zero-order valence-corrected chi connectivity index (χ0v) is 12.2. The van der Waals surface area contributed by atoms with Crippen LogP contribution >= 0.6 is 0 Å². The molecule has 0 bridgehead atoms. The highest BCUT2D eigenvalue weighted by molar-refractivity contribution is 5.93. The molecule has 3 heterocycles. The van der Waals surface area contributed by atoms with Gasteiger partial charge in [-0.2, -0.15) is 0 Å². The minimum Gasteiger partial charge on any atom is -0.459 e. The Kier molecular flexibility index (Phi) is 3.86. The summed E-state index contributed by atoms with van der Waals surface area (Å²) in [6.07, 6.45) is 3.05. The van der Waals surface area contributed by atoms with Gasteiger partial charge in [-0.3, -0.25) is 9.59 Å². The molecule has 0 atom stereocenters. The molecule has 1 fully saturated rings. The van der Waals surface area contributed by atoms with E-state index in [4.69, 9.17) is 4.42 Å². The van der Waals surface area contributed by atoms with Crippen LogP contribution in [0.2, 0.25) is 0 Å². The molecule has 0 unspecified atom stereocenters. The number of aryl methyl sites for hydroxylation is 1. The number of carbonyl (C=O) groups excluding carboxylic acids is 2. The van der Waals surface area contributed by atoms with Gasteiger partial charge in [-0.25, -0.2) is 9.97 Å². The molecule has 0 N–H and O–H groups in total. The number of rotatable bonds is 2. The molecular formula is C15H16N4O3. The summed E-state index contributed by atoms with van der Waals surface area (Å²) in [7, 11) is 0. The summed E-state index contributed by atoms with van der Waals surface area (Å²) in [5, 5.41) is 0. The Bertz CT molecular complexity index is 676. The Morgan fingerprint density at radius 2 is 1.77 bits per heavy atom. The Hall–Kier alpha value is -2.70. The molecule has 1 saturated heterocycles. The van der Waals surface area contributed by atoms with E-state index < -0.39 is 0 Å². The average Bonchev–Trinajstić information content (AvgIpc) is 3.08. The minimum atomic E-state index is -0.144. The van der Waals surface area contributed by atoms with Crippen LogP contribution < -0.4 is 0 Å². The predicted molar refractivity (Wildman–Crippen MR) is 77.3 cm³/mol. The number of hydrogen-bond donors (Lipinski definition) is 0. The maximum Gasteiger partial charge on any atom is 0.289 e. The van der Waals surface area contributed by atoms with Crippen molar-refractivity contribution in [3.63, 3.8) is 0 Å². The summed E-state index contributed by atoms with van der Waals surface area (Å²) in [5.41, 5.74) is 0.387. The van der Waals surface area contributed by atoms with Gasteiger partial charge in [0.25, 0.3) is 11.8 Å². The molecule has 22 heavy (non-hydrogen) atoms. The Balaban J connectivity index is 1.62. The van der Waals surface area contributed by atoms with Gasteiger partial charge in [0, 0.05) is 32.4 Å². The van der Waals surface area contributed by atoms with Gasteiger partial charge >= 0.3 is 0 Å². The van der Waals surface area contributed by atoms with Gasteiger partial charge in [0.2, 0.25) is 0 Å². The molecule has 0 saturated carbocycles. The van der Waals surface area contributed by atoms with Crippen molar-refractivity contribution in [1.82, 2.24) is 19.8 Å². The quantitative estimate of drug-likeness (QED) is 0.826. The Morgan fingerprint density at radius 1 is 1.09 bits per heavy atom. The van der Waals surface area contributed by atoms with Crippen molar-refractivity contribution < 1.29 is 14.0 Å². The first kappa shape index (κ1) is 14.2. The number of amides is 2. The highest BCUT2D eigenvalue weighted by atomic mass is 16.3. The van der Waals surface area contributed by atoms with Crippen LogP contribution in [0.25, 0.3) is 0 Å². The second-order valence-corrected chi connectivity index (χ2v) is 5.05. The molecule has 2 amide bonds. The zero-order valence-electron chi connectivity index (χ0n) is 12.2. The molecule has 0 aromatic carbocycles. The molecular weight excluding hydrogens is 284 g/mol. The third-order valence-corrected chi connectivity index (χ3v) is 3.58. The van der Waals surface area contributed by atoms with Crippen LogP contribution in [0.3, 0.4) is 0 Å². The second-order valence-electron chi connectivity index (χ2n) is 5.05. The Labute approximate surface area is 127 Å². The van der Waals surface area contributed by atoms with Gasteiger partial charge in [-0.15, -0.1) is 0 Å². The first-order valence-corrected chi connectivity index (χ1v) is 7.07. The summed E-state index contributed by atoms with van der Waals surface area (Å²) in [4.78, 5) is 36.1. The van der Waals surface area contributed by atoms with E-state index in [0.717, 1.165) is 0 Å². The van der Waals surface area contributed by atoms with Gasteiger partial charge in [0.1, 0.15) is 11.5 Å². The molecule has 1 aliphatic heterocycles. The molecule has 7 nitrogen and oxygen atoms in total. The second kappa shape index (κ2) is 5.97. The number of piperazine rings is 1. The highest BCUT2D eigenvalue weighted by Crippen LogP contribution is 2.11. The van der Waals surface area contributed by atoms with Crippen molar-refractivity contribution in [1.29, 1.82) is 0 Å². The van der Waals surface area contributed by atoms with E-state index in [0.29, 0.717) is 43.5 Å². The Morgan fingerprint density at radius 3 is 2.36 bits per heavy atom. The van der Waals surface area contributed by atoms with Crippen LogP contribution in [-0.4, -0.2) is 57.8 Å². The lowest BCUT2D eigenvalue weighted by Gasteiger charge is -2.34. The van der Waals surface area contributed by atoms with Gasteiger partial charge < -0.3 is 14.2 Å². The van der Waals surface area contributed by atoms with E-state index in [2.05, 4.69) is 9.97 Å². The van der Waals surface area contributed by atoms with Crippen molar-refractivity contribution in [3.05, 3.63) is 47.9 Å². The lowest BCUT2D eigenvalue weighted by Crippen LogP contribution is -2.50. The third kappa shape index (κ3) is 2.83. The predicted octanol–water partition coefficient (Wildman–Crippen LogP) is 0.976. The standard InChI is InChI=1S/C15H16N4O3/c1-11-16-5-4-12(17-11)14(20)18-6-8-19(9-7-18)15(21)13-3-2-10-22-13/h2-5,10H,6-9H2,1H3. The molecule has 1 aliphatic rings. The summed E-state index contributed by atoms with van der Waals surface area (Å²) in [5.74, 6) is 0.620. The molecule has 0 spiro atoms. The molecule has 7 heteroatoms. The van der Waals surface area contributed by atoms with Crippen LogP contribution in [0.1, 0.15) is 26.9 Å². The monoisotopic (exact) mass is 300 g/mol. The van der Waals surface area contributed by atoms with Crippen LogP contribution in [0.4, 0.5) is 0 Å². The van der Waals surface area contributed by atoms with Crippen molar-refractivity contribution in [3.8, 4) is 0 Å². The largest absolute Gasteiger partial charge is 0.459 e. The van der Waals surface area contributed by atoms with Crippen LogP contribution in [0.5, 0.6) is 0 Å². The average molecular weight is 300 g/mol. The molecule has 2 aromatic rings. The summed E-state index contributed by atoms with van der Waals surface area (Å²) in [6, 6.07) is 4.93. The summed E-state index contributed by atoms with van der Waals surface area (Å²) < 4.78 is 5.12. The minimum absolute atomic E-state index is 0.129. The highest BCUT2D eigenvalue weighted by Gasteiger charge is 2.27. The number of furan rings is 1. The third-order valence-electron chi connectivity index (χ3n) is 3.58. The summed E-state index contributed by atoms with van der Waals surface area (Å²) in [6.45, 7) is 3.67. The molecule has 114 valence electrons. The first-order valence-electron chi connectivity index (χ1n) is 7.07. The fourth-order valence-electron chi connectivity index (χ4n) is 2.41. The molecule has 0 aliphatic carbocycles. The van der Waals surface area contributed by atoms with Gasteiger partial charge in [-0.1, -0.05) is 0 Å². The van der Waals surface area contributed by atoms with Crippen molar-refractivity contribution in [2.45, 2.75) is 6.92 Å². The van der Waals surface area contributed by atoms with Crippen LogP contribution in [0.15, 0.2) is 35.1 Å². The fraction of sp³-hybridized carbons (Fsp3) is 0.333. The van der Waals surface area contributed by atoms with E-state index in [1.807, 2.05) is 0 Å². The normalized spacial score (nSPS) is 15.0. The maximum atomic E-state index is 12.4.